The van der Waals surface area contributed by atoms with E-state index in [4.69, 9.17) is 25.6 Å². The topological polar surface area (TPSA) is 73.6 Å². The first-order chi connectivity index (χ1) is 13.4. The molecular weight excluding hydrogens is 380 g/mol. The number of hydrogen-bond donors (Lipinski definition) is 1. The number of halogens is 1. The number of nitrogens with one attached hydrogen (secondary N) is 1. The zero-order valence-electron chi connectivity index (χ0n) is 16.1. The van der Waals surface area contributed by atoms with Gasteiger partial charge in [-0.05, 0) is 62.2 Å². The van der Waals surface area contributed by atoms with E-state index in [1.54, 1.807) is 25.1 Å². The number of ether oxygens (including phenoxy) is 2. The molecule has 0 aliphatic carbocycles. The third-order valence-corrected chi connectivity index (χ3v) is 4.77. The maximum Gasteiger partial charge on any atom is 0.278 e. The molecule has 3 rings (SSSR count). The van der Waals surface area contributed by atoms with Gasteiger partial charge in [0.1, 0.15) is 23.9 Å². The molecule has 3 aromatic rings. The van der Waals surface area contributed by atoms with E-state index in [1.165, 1.54) is 12.7 Å². The molecular formula is C21H21ClN2O4. The Morgan fingerprint density at radius 3 is 2.61 bits per heavy atom. The Morgan fingerprint density at radius 2 is 1.93 bits per heavy atom. The predicted molar refractivity (Wildman–Crippen MR) is 107 cm³/mol. The van der Waals surface area contributed by atoms with Crippen LogP contribution in [0.25, 0.3) is 0 Å². The number of aryl methyl sites for hydroxylation is 3. The Bertz CT molecular complexity index is 1010. The number of hydrogen-bond acceptors (Lipinski definition) is 5. The summed E-state index contributed by atoms with van der Waals surface area (Å²) in [6.07, 6.45) is 0. The van der Waals surface area contributed by atoms with Crippen molar-refractivity contribution in [3.63, 3.8) is 0 Å². The van der Waals surface area contributed by atoms with Crippen LogP contribution in [0.5, 0.6) is 11.5 Å². The summed E-state index contributed by atoms with van der Waals surface area (Å²) in [6, 6.07) is 10.8. The maximum atomic E-state index is 12.7. The summed E-state index contributed by atoms with van der Waals surface area (Å²) >= 11 is 6.11. The smallest absolute Gasteiger partial charge is 0.278 e. The fourth-order valence-corrected chi connectivity index (χ4v) is 2.89. The van der Waals surface area contributed by atoms with Crippen LogP contribution in [-0.2, 0) is 6.61 Å². The normalized spacial score (nSPS) is 10.6. The minimum Gasteiger partial charge on any atom is -0.495 e. The van der Waals surface area contributed by atoms with Gasteiger partial charge in [-0.25, -0.2) is 0 Å². The van der Waals surface area contributed by atoms with Gasteiger partial charge in [0.25, 0.3) is 5.91 Å². The minimum atomic E-state index is -0.406. The molecule has 0 saturated heterocycles. The Hall–Kier alpha value is -2.99. The number of carbonyl (C=O) groups is 1. The van der Waals surface area contributed by atoms with E-state index in [9.17, 15) is 4.79 Å². The van der Waals surface area contributed by atoms with Gasteiger partial charge in [0, 0.05) is 5.69 Å². The summed E-state index contributed by atoms with van der Waals surface area (Å²) in [5.41, 5.74) is 3.61. The number of nitrogens with zero attached hydrogens (tertiary/aromatic N) is 1. The molecule has 0 unspecified atom stereocenters. The minimum absolute atomic E-state index is 0.171. The van der Waals surface area contributed by atoms with Gasteiger partial charge in [0.15, 0.2) is 5.69 Å². The van der Waals surface area contributed by atoms with Gasteiger partial charge < -0.3 is 19.3 Å². The van der Waals surface area contributed by atoms with Crippen molar-refractivity contribution in [1.82, 2.24) is 5.16 Å². The molecule has 0 spiro atoms. The van der Waals surface area contributed by atoms with E-state index in [0.717, 1.165) is 11.3 Å². The number of aromatic nitrogens is 1. The lowest BCUT2D eigenvalue weighted by Crippen LogP contribution is -2.15. The van der Waals surface area contributed by atoms with Gasteiger partial charge >= 0.3 is 0 Å². The quantitative estimate of drug-likeness (QED) is 0.623. The average molecular weight is 401 g/mol. The second-order valence-corrected chi connectivity index (χ2v) is 6.81. The Balaban J connectivity index is 1.75. The van der Waals surface area contributed by atoms with E-state index in [-0.39, 0.29) is 12.3 Å². The van der Waals surface area contributed by atoms with Gasteiger partial charge in [-0.2, -0.15) is 0 Å². The van der Waals surface area contributed by atoms with Crippen molar-refractivity contribution < 1.29 is 18.8 Å². The highest BCUT2D eigenvalue weighted by molar-refractivity contribution is 6.32. The first kappa shape index (κ1) is 19.8. The average Bonchev–Trinajstić information content (AvgIpc) is 3.03. The van der Waals surface area contributed by atoms with Crippen molar-refractivity contribution in [2.24, 2.45) is 0 Å². The fraction of sp³-hybridized carbons (Fsp3) is 0.238. The van der Waals surface area contributed by atoms with Crippen LogP contribution >= 0.6 is 11.6 Å². The maximum absolute atomic E-state index is 12.7. The summed E-state index contributed by atoms with van der Waals surface area (Å²) in [6.45, 7) is 5.97. The molecule has 0 radical (unpaired) electrons. The molecule has 0 aliphatic heterocycles. The highest BCUT2D eigenvalue weighted by atomic mass is 35.5. The summed E-state index contributed by atoms with van der Waals surface area (Å²) in [4.78, 5) is 12.7. The zero-order valence-corrected chi connectivity index (χ0v) is 16.9. The molecule has 1 amide bonds. The van der Waals surface area contributed by atoms with E-state index in [2.05, 4.69) is 10.5 Å². The Labute approximate surface area is 168 Å². The summed E-state index contributed by atoms with van der Waals surface area (Å²) in [5.74, 6) is 1.37. The molecule has 0 bridgehead atoms. The van der Waals surface area contributed by atoms with Gasteiger partial charge in [-0.1, -0.05) is 22.8 Å². The Morgan fingerprint density at radius 1 is 1.14 bits per heavy atom. The number of anilines is 1. The molecule has 0 fully saturated rings. The first-order valence-corrected chi connectivity index (χ1v) is 9.07. The largest absolute Gasteiger partial charge is 0.495 e. The van der Waals surface area contributed by atoms with E-state index >= 15 is 0 Å². The van der Waals surface area contributed by atoms with Crippen LogP contribution in [0.4, 0.5) is 5.69 Å². The van der Waals surface area contributed by atoms with Crippen LogP contribution in [0, 0.1) is 20.8 Å². The number of benzene rings is 2. The SMILES string of the molecule is COc1ccc(NC(=O)c2noc(C)c2COc2ccc(C)c(C)c2)cc1Cl. The van der Waals surface area contributed by atoms with Gasteiger partial charge in [-0.15, -0.1) is 0 Å². The standard InChI is InChI=1S/C21H21ClN2O4/c1-12-5-7-16(9-13(12)2)27-11-17-14(3)28-24-20(17)21(25)23-15-6-8-19(26-4)18(22)10-15/h5-10H,11H2,1-4H3,(H,23,25). The van der Waals surface area contributed by atoms with Gasteiger partial charge in [0.05, 0.1) is 17.7 Å². The lowest BCUT2D eigenvalue weighted by Gasteiger charge is -2.10. The Kier molecular flexibility index (Phi) is 5.90. The van der Waals surface area contributed by atoms with Gasteiger partial charge in [0.2, 0.25) is 0 Å². The van der Waals surface area contributed by atoms with Crippen LogP contribution in [0.2, 0.25) is 5.02 Å². The van der Waals surface area contributed by atoms with Crippen LogP contribution in [0.3, 0.4) is 0 Å². The second kappa shape index (κ2) is 8.35. The molecule has 0 aliphatic rings. The molecule has 0 atom stereocenters. The highest BCUT2D eigenvalue weighted by Gasteiger charge is 2.21. The predicted octanol–water partition coefficient (Wildman–Crippen LogP) is 5.09. The summed E-state index contributed by atoms with van der Waals surface area (Å²) < 4.78 is 16.2. The molecule has 0 saturated carbocycles. The molecule has 1 N–H and O–H groups in total. The summed E-state index contributed by atoms with van der Waals surface area (Å²) in [5, 5.41) is 7.05. The molecule has 28 heavy (non-hydrogen) atoms. The molecule has 2 aromatic carbocycles. The van der Waals surface area contributed by atoms with Crippen molar-refractivity contribution in [1.29, 1.82) is 0 Å². The first-order valence-electron chi connectivity index (χ1n) is 8.69. The van der Waals surface area contributed by atoms with E-state index in [0.29, 0.717) is 27.8 Å². The van der Waals surface area contributed by atoms with Crippen LogP contribution in [0.1, 0.15) is 32.9 Å². The zero-order chi connectivity index (χ0) is 20.3. The molecule has 6 nitrogen and oxygen atoms in total. The van der Waals surface area contributed by atoms with E-state index < -0.39 is 5.91 Å². The fourth-order valence-electron chi connectivity index (χ4n) is 2.63. The van der Waals surface area contributed by atoms with Crippen molar-refractivity contribution in [3.8, 4) is 11.5 Å². The lowest BCUT2D eigenvalue weighted by atomic mass is 10.1. The second-order valence-electron chi connectivity index (χ2n) is 6.40. The van der Waals surface area contributed by atoms with E-state index in [1.807, 2.05) is 32.0 Å². The molecule has 7 heteroatoms. The third-order valence-electron chi connectivity index (χ3n) is 4.47. The molecule has 1 aromatic heterocycles. The van der Waals surface area contributed by atoms with Crippen molar-refractivity contribution in [3.05, 3.63) is 69.6 Å². The van der Waals surface area contributed by atoms with Crippen molar-refractivity contribution in [2.75, 3.05) is 12.4 Å². The van der Waals surface area contributed by atoms with Crippen LogP contribution < -0.4 is 14.8 Å². The highest BCUT2D eigenvalue weighted by Crippen LogP contribution is 2.28. The molecule has 1 heterocycles. The van der Waals surface area contributed by atoms with Crippen molar-refractivity contribution in [2.45, 2.75) is 27.4 Å². The third kappa shape index (κ3) is 4.28. The number of methoxy groups -OCH3 is 1. The number of carbonyl (C=O) groups excluding carboxylic acids is 1. The van der Waals surface area contributed by atoms with Crippen LogP contribution in [-0.4, -0.2) is 18.2 Å². The summed E-state index contributed by atoms with van der Waals surface area (Å²) in [7, 11) is 1.53. The molecule has 146 valence electrons. The van der Waals surface area contributed by atoms with Crippen molar-refractivity contribution >= 4 is 23.2 Å². The number of amides is 1. The monoisotopic (exact) mass is 400 g/mol. The lowest BCUT2D eigenvalue weighted by molar-refractivity contribution is 0.101. The van der Waals surface area contributed by atoms with Gasteiger partial charge in [-0.3, -0.25) is 4.79 Å². The number of rotatable bonds is 6. The van der Waals surface area contributed by atoms with Crippen LogP contribution in [0.15, 0.2) is 40.9 Å².